The lowest BCUT2D eigenvalue weighted by Gasteiger charge is -2.21. The van der Waals surface area contributed by atoms with E-state index in [0.29, 0.717) is 24.4 Å². The van der Waals surface area contributed by atoms with E-state index in [1.165, 1.54) is 24.3 Å². The Morgan fingerprint density at radius 3 is 2.43 bits per heavy atom. The lowest BCUT2D eigenvalue weighted by atomic mass is 10.2. The quantitative estimate of drug-likeness (QED) is 0.644. The number of carboxylic acids is 1. The zero-order valence-electron chi connectivity index (χ0n) is 11.6. The molecule has 0 aliphatic heterocycles. The first kappa shape index (κ1) is 17.0. The third-order valence-corrected chi connectivity index (χ3v) is 3.45. The van der Waals surface area contributed by atoms with Gasteiger partial charge < -0.3 is 15.5 Å². The smallest absolute Gasteiger partial charge is 0.323 e. The SMILES string of the molecule is CS(=O)CCCNC(=O)N(CC(=O)O)c1ccc(O)cc1. The van der Waals surface area contributed by atoms with Crippen LogP contribution in [0.2, 0.25) is 0 Å². The van der Waals surface area contributed by atoms with Crippen molar-refractivity contribution in [1.29, 1.82) is 0 Å². The zero-order valence-corrected chi connectivity index (χ0v) is 12.4. The molecule has 2 amide bonds. The first-order chi connectivity index (χ1) is 9.90. The van der Waals surface area contributed by atoms with E-state index in [-0.39, 0.29) is 5.75 Å². The van der Waals surface area contributed by atoms with Crippen molar-refractivity contribution in [1.82, 2.24) is 5.32 Å². The monoisotopic (exact) mass is 314 g/mol. The predicted octanol–water partition coefficient (Wildman–Crippen LogP) is 0.761. The second kappa shape index (κ2) is 8.25. The van der Waals surface area contributed by atoms with Crippen molar-refractivity contribution in [3.8, 4) is 5.75 Å². The third-order valence-electron chi connectivity index (χ3n) is 2.58. The number of anilines is 1. The van der Waals surface area contributed by atoms with Crippen LogP contribution in [0.25, 0.3) is 0 Å². The summed E-state index contributed by atoms with van der Waals surface area (Å²) in [6.07, 6.45) is 2.13. The molecule has 0 bridgehead atoms. The van der Waals surface area contributed by atoms with E-state index in [4.69, 9.17) is 5.11 Å². The minimum atomic E-state index is -1.15. The van der Waals surface area contributed by atoms with Gasteiger partial charge >= 0.3 is 12.0 Å². The first-order valence-corrected chi connectivity index (χ1v) is 7.99. The number of amides is 2. The number of phenolic OH excluding ortho intramolecular Hbond substituents is 1. The zero-order chi connectivity index (χ0) is 15.8. The number of nitrogens with one attached hydrogen (secondary N) is 1. The summed E-state index contributed by atoms with van der Waals surface area (Å²) in [6, 6.07) is 5.11. The van der Waals surface area contributed by atoms with Crippen molar-refractivity contribution in [2.75, 3.05) is 30.0 Å². The Kier molecular flexibility index (Phi) is 6.67. The number of carbonyl (C=O) groups is 2. The van der Waals surface area contributed by atoms with Gasteiger partial charge in [-0.3, -0.25) is 13.9 Å². The molecular formula is C13H18N2O5S. The molecule has 1 aromatic rings. The van der Waals surface area contributed by atoms with Crippen LogP contribution in [0.4, 0.5) is 10.5 Å². The van der Waals surface area contributed by atoms with Crippen LogP contribution in [0.1, 0.15) is 6.42 Å². The average molecular weight is 314 g/mol. The average Bonchev–Trinajstić information content (AvgIpc) is 2.41. The van der Waals surface area contributed by atoms with Crippen LogP contribution < -0.4 is 10.2 Å². The summed E-state index contributed by atoms with van der Waals surface area (Å²) in [6.45, 7) is -0.178. The lowest BCUT2D eigenvalue weighted by Crippen LogP contribution is -2.43. The predicted molar refractivity (Wildman–Crippen MR) is 80.0 cm³/mol. The normalized spacial score (nSPS) is 11.7. The highest BCUT2D eigenvalue weighted by Crippen LogP contribution is 2.18. The Bertz CT molecular complexity index is 518. The van der Waals surface area contributed by atoms with Crippen molar-refractivity contribution in [2.24, 2.45) is 0 Å². The summed E-state index contributed by atoms with van der Waals surface area (Å²) < 4.78 is 10.9. The number of phenols is 1. The van der Waals surface area contributed by atoms with Gasteiger partial charge in [-0.15, -0.1) is 0 Å². The van der Waals surface area contributed by atoms with Crippen LogP contribution >= 0.6 is 0 Å². The molecule has 7 nitrogen and oxygen atoms in total. The van der Waals surface area contributed by atoms with Gasteiger partial charge in [0.05, 0.1) is 0 Å². The van der Waals surface area contributed by atoms with Gasteiger partial charge in [0.2, 0.25) is 0 Å². The molecule has 0 saturated heterocycles. The van der Waals surface area contributed by atoms with Crippen molar-refractivity contribution in [2.45, 2.75) is 6.42 Å². The van der Waals surface area contributed by atoms with Crippen LogP contribution in [0.15, 0.2) is 24.3 Å². The number of rotatable bonds is 7. The molecule has 0 radical (unpaired) electrons. The van der Waals surface area contributed by atoms with E-state index in [9.17, 15) is 18.9 Å². The van der Waals surface area contributed by atoms with E-state index in [1.807, 2.05) is 0 Å². The maximum Gasteiger partial charge on any atom is 0.323 e. The van der Waals surface area contributed by atoms with Crippen LogP contribution in [-0.2, 0) is 15.6 Å². The number of hydrogen-bond donors (Lipinski definition) is 3. The molecule has 0 aromatic heterocycles. The molecule has 116 valence electrons. The Morgan fingerprint density at radius 1 is 1.29 bits per heavy atom. The Labute approximate surface area is 125 Å². The van der Waals surface area contributed by atoms with Gasteiger partial charge in [0.1, 0.15) is 12.3 Å². The van der Waals surface area contributed by atoms with E-state index < -0.39 is 29.3 Å². The van der Waals surface area contributed by atoms with Crippen LogP contribution in [0.3, 0.4) is 0 Å². The number of aliphatic carboxylic acids is 1. The van der Waals surface area contributed by atoms with E-state index in [1.54, 1.807) is 6.26 Å². The molecule has 1 atom stereocenters. The number of carbonyl (C=O) groups excluding carboxylic acids is 1. The van der Waals surface area contributed by atoms with Gasteiger partial charge in [-0.2, -0.15) is 0 Å². The van der Waals surface area contributed by atoms with Crippen molar-refractivity contribution < 1.29 is 24.0 Å². The molecule has 21 heavy (non-hydrogen) atoms. The number of carboxylic acid groups (broad SMARTS) is 1. The number of benzene rings is 1. The van der Waals surface area contributed by atoms with E-state index >= 15 is 0 Å². The van der Waals surface area contributed by atoms with Crippen molar-refractivity contribution in [3.63, 3.8) is 0 Å². The summed E-state index contributed by atoms with van der Waals surface area (Å²) in [4.78, 5) is 23.9. The second-order valence-corrected chi connectivity index (χ2v) is 5.91. The number of aromatic hydroxyl groups is 1. The summed E-state index contributed by atoms with van der Waals surface area (Å²) in [5.74, 6) is -0.647. The van der Waals surface area contributed by atoms with Crippen LogP contribution in [0, 0.1) is 0 Å². The van der Waals surface area contributed by atoms with Gasteiger partial charge in [-0.05, 0) is 30.7 Å². The summed E-state index contributed by atoms with van der Waals surface area (Å²) in [5.41, 5.74) is 0.367. The fourth-order valence-electron chi connectivity index (χ4n) is 1.61. The molecule has 1 rings (SSSR count). The molecule has 1 aromatic carbocycles. The van der Waals surface area contributed by atoms with E-state index in [2.05, 4.69) is 5.32 Å². The van der Waals surface area contributed by atoms with Gasteiger partial charge in [0.25, 0.3) is 0 Å². The summed E-state index contributed by atoms with van der Waals surface area (Å²) >= 11 is 0. The molecular weight excluding hydrogens is 296 g/mol. The fraction of sp³-hybridized carbons (Fsp3) is 0.385. The molecule has 0 saturated carbocycles. The minimum absolute atomic E-state index is 0.0276. The molecule has 0 spiro atoms. The Balaban J connectivity index is 2.68. The molecule has 0 aliphatic rings. The standard InChI is InChI=1S/C13H18N2O5S/c1-21(20)8-2-7-14-13(19)15(9-12(17)18)10-3-5-11(16)6-4-10/h3-6,16H,2,7-9H2,1H3,(H,14,19)(H,17,18). The second-order valence-electron chi connectivity index (χ2n) is 4.36. The molecule has 8 heteroatoms. The maximum absolute atomic E-state index is 12.0. The molecule has 0 aliphatic carbocycles. The first-order valence-electron chi connectivity index (χ1n) is 6.26. The fourth-order valence-corrected chi connectivity index (χ4v) is 2.17. The maximum atomic E-state index is 12.0. The molecule has 0 heterocycles. The number of urea groups is 1. The number of hydrogen-bond acceptors (Lipinski definition) is 4. The van der Waals surface area contributed by atoms with Crippen LogP contribution in [-0.4, -0.2) is 51.5 Å². The lowest BCUT2D eigenvalue weighted by molar-refractivity contribution is -0.135. The van der Waals surface area contributed by atoms with Gasteiger partial charge in [-0.25, -0.2) is 4.79 Å². The molecule has 3 N–H and O–H groups in total. The minimum Gasteiger partial charge on any atom is -0.508 e. The van der Waals surface area contributed by atoms with Crippen molar-refractivity contribution >= 4 is 28.5 Å². The molecule has 0 fully saturated rings. The van der Waals surface area contributed by atoms with Gasteiger partial charge in [0.15, 0.2) is 0 Å². The highest BCUT2D eigenvalue weighted by atomic mass is 32.2. The van der Waals surface area contributed by atoms with Gasteiger partial charge in [-0.1, -0.05) is 0 Å². The Hall–Kier alpha value is -2.09. The molecule has 1 unspecified atom stereocenters. The highest BCUT2D eigenvalue weighted by molar-refractivity contribution is 7.84. The van der Waals surface area contributed by atoms with E-state index in [0.717, 1.165) is 4.90 Å². The summed E-state index contributed by atoms with van der Waals surface area (Å²) in [5, 5.41) is 20.7. The summed E-state index contributed by atoms with van der Waals surface area (Å²) in [7, 11) is -0.926. The third kappa shape index (κ3) is 6.26. The number of nitrogens with zero attached hydrogens (tertiary/aromatic N) is 1. The highest BCUT2D eigenvalue weighted by Gasteiger charge is 2.18. The largest absolute Gasteiger partial charge is 0.508 e. The van der Waals surface area contributed by atoms with Crippen LogP contribution in [0.5, 0.6) is 5.75 Å². The van der Waals surface area contributed by atoms with Crippen molar-refractivity contribution in [3.05, 3.63) is 24.3 Å². The topological polar surface area (TPSA) is 107 Å². The van der Waals surface area contributed by atoms with Gasteiger partial charge in [0, 0.05) is 35.0 Å². The Morgan fingerprint density at radius 2 is 1.90 bits per heavy atom.